The summed E-state index contributed by atoms with van der Waals surface area (Å²) >= 11 is 7.70. The number of hydrogen-bond donors (Lipinski definition) is 1. The minimum Gasteiger partial charge on any atom is -0.301 e. The highest BCUT2D eigenvalue weighted by atomic mass is 35.5. The highest BCUT2D eigenvalue weighted by molar-refractivity contribution is 7.15. The molecule has 1 aromatic carbocycles. The first-order chi connectivity index (χ1) is 11.6. The Kier molecular flexibility index (Phi) is 5.87. The summed E-state index contributed by atoms with van der Waals surface area (Å²) in [4.78, 5) is 19.8. The predicted molar refractivity (Wildman–Crippen MR) is 99.8 cm³/mol. The van der Waals surface area contributed by atoms with Crippen LogP contribution in [0.4, 0.5) is 5.13 Å². The van der Waals surface area contributed by atoms with E-state index in [-0.39, 0.29) is 5.91 Å². The first kappa shape index (κ1) is 17.4. The van der Waals surface area contributed by atoms with Gasteiger partial charge in [0.1, 0.15) is 0 Å². The number of thiazole rings is 1. The Bertz CT molecular complexity index is 703. The summed E-state index contributed by atoms with van der Waals surface area (Å²) in [5.74, 6) is 0.691. The summed E-state index contributed by atoms with van der Waals surface area (Å²) < 4.78 is 0. The zero-order valence-electron chi connectivity index (χ0n) is 13.8. The molecule has 2 heterocycles. The summed E-state index contributed by atoms with van der Waals surface area (Å²) in [6.45, 7) is 4.70. The number of benzene rings is 1. The van der Waals surface area contributed by atoms with E-state index in [4.69, 9.17) is 11.6 Å². The fraction of sp³-hybridized carbons (Fsp3) is 0.444. The fourth-order valence-electron chi connectivity index (χ4n) is 3.07. The number of hydrogen-bond acceptors (Lipinski definition) is 4. The van der Waals surface area contributed by atoms with Gasteiger partial charge in [-0.3, -0.25) is 9.69 Å². The van der Waals surface area contributed by atoms with Crippen LogP contribution in [0.3, 0.4) is 0 Å². The van der Waals surface area contributed by atoms with Crippen LogP contribution in [0, 0.1) is 5.92 Å². The molecule has 0 bridgehead atoms. The van der Waals surface area contributed by atoms with Crippen LogP contribution in [0.15, 0.2) is 30.5 Å². The van der Waals surface area contributed by atoms with Crippen molar-refractivity contribution < 1.29 is 4.79 Å². The van der Waals surface area contributed by atoms with Gasteiger partial charge >= 0.3 is 0 Å². The van der Waals surface area contributed by atoms with E-state index in [1.165, 1.54) is 24.2 Å². The van der Waals surface area contributed by atoms with Crippen molar-refractivity contribution in [3.8, 4) is 0 Å². The zero-order chi connectivity index (χ0) is 16.9. The van der Waals surface area contributed by atoms with Crippen molar-refractivity contribution in [3.63, 3.8) is 0 Å². The molecule has 0 radical (unpaired) electrons. The Morgan fingerprint density at radius 3 is 3.08 bits per heavy atom. The van der Waals surface area contributed by atoms with Crippen LogP contribution in [-0.2, 0) is 11.2 Å². The lowest BCUT2D eigenvalue weighted by Gasteiger charge is -2.29. The minimum absolute atomic E-state index is 0.0164. The van der Waals surface area contributed by atoms with Gasteiger partial charge in [-0.25, -0.2) is 4.98 Å². The molecule has 1 N–H and O–H groups in total. The third kappa shape index (κ3) is 4.79. The van der Waals surface area contributed by atoms with E-state index in [1.54, 1.807) is 0 Å². The number of rotatable bonds is 5. The van der Waals surface area contributed by atoms with E-state index in [0.717, 1.165) is 35.0 Å². The molecule has 1 aliphatic heterocycles. The van der Waals surface area contributed by atoms with Gasteiger partial charge in [-0.05, 0) is 36.9 Å². The summed E-state index contributed by atoms with van der Waals surface area (Å²) in [7, 11) is 0. The van der Waals surface area contributed by atoms with Crippen molar-refractivity contribution in [2.45, 2.75) is 26.2 Å². The number of likely N-dealkylation sites (tertiary alicyclic amines) is 1. The van der Waals surface area contributed by atoms with Crippen molar-refractivity contribution in [2.24, 2.45) is 5.92 Å². The minimum atomic E-state index is 0.0164. The molecule has 1 saturated heterocycles. The van der Waals surface area contributed by atoms with Crippen LogP contribution >= 0.6 is 22.9 Å². The number of piperidine rings is 1. The fourth-order valence-corrected chi connectivity index (χ4v) is 4.12. The molecule has 1 atom stereocenters. The summed E-state index contributed by atoms with van der Waals surface area (Å²) in [5, 5.41) is 4.34. The number of carbonyl (C=O) groups excluding carboxylic acids is 1. The molecule has 128 valence electrons. The monoisotopic (exact) mass is 363 g/mol. The Morgan fingerprint density at radius 2 is 2.29 bits per heavy atom. The molecule has 1 aromatic heterocycles. The van der Waals surface area contributed by atoms with Crippen molar-refractivity contribution in [3.05, 3.63) is 45.9 Å². The number of amides is 1. The van der Waals surface area contributed by atoms with Crippen LogP contribution in [0.1, 0.15) is 30.2 Å². The number of halogens is 1. The van der Waals surface area contributed by atoms with Crippen molar-refractivity contribution >= 4 is 34.0 Å². The second kappa shape index (κ2) is 8.10. The van der Waals surface area contributed by atoms with E-state index in [9.17, 15) is 4.79 Å². The number of anilines is 1. The Labute approximate surface area is 151 Å². The molecule has 24 heavy (non-hydrogen) atoms. The van der Waals surface area contributed by atoms with Crippen LogP contribution in [0.25, 0.3) is 0 Å². The highest BCUT2D eigenvalue weighted by Gasteiger charge is 2.19. The van der Waals surface area contributed by atoms with Gasteiger partial charge in [-0.1, -0.05) is 36.7 Å². The van der Waals surface area contributed by atoms with E-state index >= 15 is 0 Å². The molecule has 1 amide bonds. The molecular weight excluding hydrogens is 342 g/mol. The van der Waals surface area contributed by atoms with Crippen molar-refractivity contribution in [1.82, 2.24) is 9.88 Å². The Morgan fingerprint density at radius 1 is 1.46 bits per heavy atom. The van der Waals surface area contributed by atoms with Gasteiger partial charge in [-0.15, -0.1) is 11.3 Å². The lowest BCUT2D eigenvalue weighted by atomic mass is 10.0. The first-order valence-electron chi connectivity index (χ1n) is 8.30. The highest BCUT2D eigenvalue weighted by Crippen LogP contribution is 2.24. The Hall–Kier alpha value is -1.43. The average Bonchev–Trinajstić information content (AvgIpc) is 2.96. The molecular formula is C18H22ClN3OS. The van der Waals surface area contributed by atoms with Gasteiger partial charge in [0.05, 0.1) is 6.54 Å². The van der Waals surface area contributed by atoms with E-state index < -0.39 is 0 Å². The van der Waals surface area contributed by atoms with E-state index in [0.29, 0.717) is 17.6 Å². The molecule has 6 heteroatoms. The van der Waals surface area contributed by atoms with Gasteiger partial charge in [0.15, 0.2) is 5.13 Å². The normalized spacial score (nSPS) is 18.5. The maximum atomic E-state index is 12.2. The molecule has 1 fully saturated rings. The van der Waals surface area contributed by atoms with Crippen LogP contribution < -0.4 is 5.32 Å². The molecule has 0 aliphatic carbocycles. The zero-order valence-corrected chi connectivity index (χ0v) is 15.4. The van der Waals surface area contributed by atoms with Gasteiger partial charge in [0.25, 0.3) is 0 Å². The SMILES string of the molecule is CC1CCCN(CC(=O)Nc2ncc(Cc3ccccc3Cl)s2)C1. The number of aromatic nitrogens is 1. The smallest absolute Gasteiger partial charge is 0.240 e. The Balaban J connectivity index is 1.54. The molecule has 4 nitrogen and oxygen atoms in total. The molecule has 0 spiro atoms. The summed E-state index contributed by atoms with van der Waals surface area (Å²) in [5.41, 5.74) is 1.07. The lowest BCUT2D eigenvalue weighted by molar-refractivity contribution is -0.117. The summed E-state index contributed by atoms with van der Waals surface area (Å²) in [6.07, 6.45) is 4.98. The molecule has 1 aliphatic rings. The maximum Gasteiger partial charge on any atom is 0.240 e. The molecule has 0 saturated carbocycles. The molecule has 1 unspecified atom stereocenters. The quantitative estimate of drug-likeness (QED) is 0.871. The van der Waals surface area contributed by atoms with E-state index in [1.807, 2.05) is 30.5 Å². The van der Waals surface area contributed by atoms with Crippen LogP contribution in [-0.4, -0.2) is 35.4 Å². The molecule has 3 rings (SSSR count). The van der Waals surface area contributed by atoms with Gasteiger partial charge in [0, 0.05) is 29.1 Å². The number of nitrogens with zero attached hydrogens (tertiary/aromatic N) is 2. The van der Waals surface area contributed by atoms with E-state index in [2.05, 4.69) is 22.1 Å². The van der Waals surface area contributed by atoms with Crippen molar-refractivity contribution in [2.75, 3.05) is 25.0 Å². The number of nitrogens with one attached hydrogen (secondary N) is 1. The molecule has 2 aromatic rings. The maximum absolute atomic E-state index is 12.2. The van der Waals surface area contributed by atoms with Crippen molar-refractivity contribution in [1.29, 1.82) is 0 Å². The van der Waals surface area contributed by atoms with Crippen LogP contribution in [0.5, 0.6) is 0 Å². The largest absolute Gasteiger partial charge is 0.301 e. The van der Waals surface area contributed by atoms with Gasteiger partial charge < -0.3 is 5.32 Å². The summed E-state index contributed by atoms with van der Waals surface area (Å²) in [6, 6.07) is 7.80. The third-order valence-electron chi connectivity index (χ3n) is 4.23. The standard InChI is InChI=1S/C18H22ClN3OS/c1-13-5-4-8-22(11-13)12-17(23)21-18-20-10-15(24-18)9-14-6-2-3-7-16(14)19/h2-3,6-7,10,13H,4-5,8-9,11-12H2,1H3,(H,20,21,23). The first-order valence-corrected chi connectivity index (χ1v) is 9.50. The average molecular weight is 364 g/mol. The second-order valence-electron chi connectivity index (χ2n) is 6.43. The third-order valence-corrected chi connectivity index (χ3v) is 5.51. The van der Waals surface area contributed by atoms with Gasteiger partial charge in [0.2, 0.25) is 5.91 Å². The van der Waals surface area contributed by atoms with Crippen LogP contribution in [0.2, 0.25) is 5.02 Å². The number of carbonyl (C=O) groups is 1. The second-order valence-corrected chi connectivity index (χ2v) is 7.95. The topological polar surface area (TPSA) is 45.2 Å². The predicted octanol–water partition coefficient (Wildman–Crippen LogP) is 4.06. The lowest BCUT2D eigenvalue weighted by Crippen LogP contribution is -2.39. The van der Waals surface area contributed by atoms with Gasteiger partial charge in [-0.2, -0.15) is 0 Å².